The van der Waals surface area contributed by atoms with E-state index in [4.69, 9.17) is 0 Å². The lowest BCUT2D eigenvalue weighted by Crippen LogP contribution is -2.30. The third-order valence-electron chi connectivity index (χ3n) is 6.89. The topological polar surface area (TPSA) is 34.4 Å². The van der Waals surface area contributed by atoms with Gasteiger partial charge in [-0.15, -0.1) is 0 Å². The SMILES string of the molecule is Cc1cn2c3c(c4ccccc4c2nc1=O)C1c2ccccc2C3c2ccccc21. The van der Waals surface area contributed by atoms with Crippen LogP contribution in [0, 0.1) is 6.92 Å². The molecule has 2 heterocycles. The lowest BCUT2D eigenvalue weighted by atomic mass is 9.62. The van der Waals surface area contributed by atoms with Gasteiger partial charge in [-0.05, 0) is 40.1 Å². The Morgan fingerprint density at radius 2 is 1.27 bits per heavy atom. The molecule has 3 aliphatic rings. The first-order valence-corrected chi connectivity index (χ1v) is 10.4. The van der Waals surface area contributed by atoms with E-state index in [2.05, 4.69) is 76.1 Å². The molecule has 5 aromatic rings. The Labute approximate surface area is 173 Å². The molecule has 142 valence electrons. The van der Waals surface area contributed by atoms with Crippen LogP contribution in [0.1, 0.15) is 50.9 Å². The summed E-state index contributed by atoms with van der Waals surface area (Å²) < 4.78 is 2.19. The van der Waals surface area contributed by atoms with Crippen molar-refractivity contribution in [3.8, 4) is 0 Å². The van der Waals surface area contributed by atoms with Gasteiger partial charge >= 0.3 is 0 Å². The second-order valence-electron chi connectivity index (χ2n) is 8.39. The van der Waals surface area contributed by atoms with Gasteiger partial charge in [-0.25, -0.2) is 0 Å². The Hall–Kier alpha value is -3.72. The van der Waals surface area contributed by atoms with Crippen LogP contribution in [0.2, 0.25) is 0 Å². The molecule has 0 amide bonds. The molecule has 8 rings (SSSR count). The first-order valence-electron chi connectivity index (χ1n) is 10.4. The predicted octanol–water partition coefficient (Wildman–Crippen LogP) is 5.14. The Morgan fingerprint density at radius 3 is 1.90 bits per heavy atom. The maximum absolute atomic E-state index is 12.5. The maximum atomic E-state index is 12.5. The summed E-state index contributed by atoms with van der Waals surface area (Å²) in [7, 11) is 0. The Balaban J connectivity index is 1.77. The second-order valence-corrected chi connectivity index (χ2v) is 8.39. The Bertz CT molecular complexity index is 1550. The zero-order chi connectivity index (χ0) is 20.0. The lowest BCUT2D eigenvalue weighted by Gasteiger charge is -2.43. The minimum Gasteiger partial charge on any atom is -0.303 e. The van der Waals surface area contributed by atoms with Crippen molar-refractivity contribution < 1.29 is 0 Å². The molecule has 0 fully saturated rings. The molecule has 3 heteroatoms. The van der Waals surface area contributed by atoms with E-state index in [9.17, 15) is 4.79 Å². The molecule has 0 atom stereocenters. The van der Waals surface area contributed by atoms with E-state index < -0.39 is 0 Å². The largest absolute Gasteiger partial charge is 0.303 e. The minimum absolute atomic E-state index is 0.133. The molecule has 0 spiro atoms. The molecule has 2 bridgehead atoms. The number of rotatable bonds is 0. The Kier molecular flexibility index (Phi) is 2.93. The molecule has 0 radical (unpaired) electrons. The summed E-state index contributed by atoms with van der Waals surface area (Å²) in [5.41, 5.74) is 9.39. The molecule has 0 unspecified atom stereocenters. The number of aromatic nitrogens is 2. The minimum atomic E-state index is -0.151. The zero-order valence-electron chi connectivity index (χ0n) is 16.5. The van der Waals surface area contributed by atoms with Crippen molar-refractivity contribution in [3.05, 3.63) is 128 Å². The van der Waals surface area contributed by atoms with Crippen molar-refractivity contribution in [2.45, 2.75) is 18.8 Å². The third kappa shape index (κ3) is 1.81. The third-order valence-corrected chi connectivity index (χ3v) is 6.89. The van der Waals surface area contributed by atoms with Crippen molar-refractivity contribution in [2.24, 2.45) is 0 Å². The van der Waals surface area contributed by atoms with Crippen LogP contribution in [0.4, 0.5) is 0 Å². The summed E-state index contributed by atoms with van der Waals surface area (Å²) in [6, 6.07) is 26.0. The Morgan fingerprint density at radius 1 is 0.733 bits per heavy atom. The molecule has 3 aliphatic carbocycles. The van der Waals surface area contributed by atoms with Crippen molar-refractivity contribution in [1.82, 2.24) is 9.38 Å². The average molecular weight is 386 g/mol. The molecule has 0 aliphatic heterocycles. The fraction of sp³-hybridized carbons (Fsp3) is 0.111. The quantitative estimate of drug-likeness (QED) is 0.338. The van der Waals surface area contributed by atoms with Gasteiger partial charge in [-0.1, -0.05) is 72.8 Å². The van der Waals surface area contributed by atoms with Crippen molar-refractivity contribution in [3.63, 3.8) is 0 Å². The molecule has 3 nitrogen and oxygen atoms in total. The zero-order valence-corrected chi connectivity index (χ0v) is 16.5. The summed E-state index contributed by atoms with van der Waals surface area (Å²) in [6.07, 6.45) is 1.99. The highest BCUT2D eigenvalue weighted by molar-refractivity contribution is 5.99. The summed E-state index contributed by atoms with van der Waals surface area (Å²) in [4.78, 5) is 17.0. The van der Waals surface area contributed by atoms with Gasteiger partial charge in [0.25, 0.3) is 5.56 Å². The van der Waals surface area contributed by atoms with Gasteiger partial charge in [0, 0.05) is 28.8 Å². The molecule has 0 saturated heterocycles. The molecule has 2 aromatic heterocycles. The van der Waals surface area contributed by atoms with Gasteiger partial charge in [-0.2, -0.15) is 4.98 Å². The molecule has 0 saturated carbocycles. The normalized spacial score (nSPS) is 18.3. The van der Waals surface area contributed by atoms with Gasteiger partial charge in [-0.3, -0.25) is 4.79 Å². The highest BCUT2D eigenvalue weighted by Gasteiger charge is 2.43. The first kappa shape index (κ1) is 16.1. The van der Waals surface area contributed by atoms with Gasteiger partial charge in [0.2, 0.25) is 0 Å². The fourth-order valence-corrected chi connectivity index (χ4v) is 5.71. The number of benzene rings is 3. The maximum Gasteiger partial charge on any atom is 0.276 e. The highest BCUT2D eigenvalue weighted by Crippen LogP contribution is 2.57. The number of hydrogen-bond acceptors (Lipinski definition) is 2. The van der Waals surface area contributed by atoms with Crippen LogP contribution in [0.5, 0.6) is 0 Å². The van der Waals surface area contributed by atoms with E-state index in [-0.39, 0.29) is 17.4 Å². The summed E-state index contributed by atoms with van der Waals surface area (Å²) >= 11 is 0. The molecular weight excluding hydrogens is 368 g/mol. The number of fused-ring (bicyclic) bond motifs is 3. The second kappa shape index (κ2) is 5.45. The predicted molar refractivity (Wildman–Crippen MR) is 118 cm³/mol. The van der Waals surface area contributed by atoms with E-state index in [1.54, 1.807) is 0 Å². The van der Waals surface area contributed by atoms with Crippen LogP contribution in [-0.4, -0.2) is 9.38 Å². The van der Waals surface area contributed by atoms with Crippen LogP contribution in [-0.2, 0) is 0 Å². The van der Waals surface area contributed by atoms with Crippen LogP contribution in [0.15, 0.2) is 83.8 Å². The van der Waals surface area contributed by atoms with Gasteiger partial charge in [0.15, 0.2) is 0 Å². The van der Waals surface area contributed by atoms with Crippen molar-refractivity contribution in [2.75, 3.05) is 0 Å². The van der Waals surface area contributed by atoms with E-state index in [1.165, 1.54) is 38.9 Å². The van der Waals surface area contributed by atoms with Crippen LogP contribution in [0.25, 0.3) is 16.4 Å². The first-order chi connectivity index (χ1) is 14.7. The lowest BCUT2D eigenvalue weighted by molar-refractivity contribution is 0.717. The van der Waals surface area contributed by atoms with E-state index >= 15 is 0 Å². The number of aryl methyl sites for hydroxylation is 1. The van der Waals surface area contributed by atoms with Gasteiger partial charge < -0.3 is 4.40 Å². The molecule has 0 N–H and O–H groups in total. The number of nitrogens with zero attached hydrogens (tertiary/aromatic N) is 2. The standard InChI is InChI=1S/C27H18N2O/c1-15-14-29-25-23-18-10-4-2-8-16(18)22(17-9-3-5-11-19(17)23)24(25)20-12-6-7-13-21(20)26(29)28-27(15)30/h2-14,22-23H,1H3. The summed E-state index contributed by atoms with van der Waals surface area (Å²) in [5, 5.41) is 2.23. The monoisotopic (exact) mass is 386 g/mol. The van der Waals surface area contributed by atoms with E-state index in [1.807, 2.05) is 19.2 Å². The van der Waals surface area contributed by atoms with Gasteiger partial charge in [0.1, 0.15) is 5.65 Å². The van der Waals surface area contributed by atoms with Crippen LogP contribution >= 0.6 is 0 Å². The van der Waals surface area contributed by atoms with E-state index in [0.29, 0.717) is 5.56 Å². The fourth-order valence-electron chi connectivity index (χ4n) is 5.71. The number of pyridine rings is 1. The van der Waals surface area contributed by atoms with Crippen LogP contribution in [0.3, 0.4) is 0 Å². The van der Waals surface area contributed by atoms with Crippen molar-refractivity contribution in [1.29, 1.82) is 0 Å². The van der Waals surface area contributed by atoms with E-state index in [0.717, 1.165) is 11.0 Å². The summed E-state index contributed by atoms with van der Waals surface area (Å²) in [5.74, 6) is 0.319. The van der Waals surface area contributed by atoms with Gasteiger partial charge in [0.05, 0.1) is 5.92 Å². The molecule has 3 aromatic carbocycles. The summed E-state index contributed by atoms with van der Waals surface area (Å²) in [6.45, 7) is 1.85. The highest BCUT2D eigenvalue weighted by atomic mass is 16.1. The number of hydrogen-bond donors (Lipinski definition) is 0. The molecular formula is C27H18N2O. The van der Waals surface area contributed by atoms with Crippen LogP contribution < -0.4 is 5.56 Å². The average Bonchev–Trinajstić information content (AvgIpc) is 2.80. The smallest absolute Gasteiger partial charge is 0.276 e. The van der Waals surface area contributed by atoms with Crippen molar-refractivity contribution >= 4 is 16.4 Å². The molecule has 30 heavy (non-hydrogen) atoms.